The average Bonchev–Trinajstić information content (AvgIpc) is 2.67. The molecule has 0 aliphatic carbocycles. The number of rotatable bonds is 6. The minimum absolute atomic E-state index is 0.296. The Bertz CT molecular complexity index is 546. The van der Waals surface area contributed by atoms with Gasteiger partial charge in [-0.15, -0.1) is 0 Å². The van der Waals surface area contributed by atoms with Crippen LogP contribution in [0, 0.1) is 0 Å². The van der Waals surface area contributed by atoms with Gasteiger partial charge < -0.3 is 60.8 Å². The van der Waals surface area contributed by atoms with E-state index in [-0.39, 0.29) is 5.11 Å². The molecule has 2 fully saturated rings. The molecule has 0 aromatic heterocycles. The Balaban J connectivity index is 2.23. The van der Waals surface area contributed by atoms with E-state index in [0.29, 0.717) is 0 Å². The van der Waals surface area contributed by atoms with Gasteiger partial charge in [-0.25, -0.2) is 0 Å². The van der Waals surface area contributed by atoms with Gasteiger partial charge in [0.1, 0.15) is 42.7 Å². The molecule has 2 aliphatic heterocycles. The quantitative estimate of drug-likeness (QED) is 0.138. The van der Waals surface area contributed by atoms with E-state index in [1.165, 1.54) is 0 Å². The van der Waals surface area contributed by atoms with Crippen LogP contribution in [0.4, 0.5) is 0 Å². The fourth-order valence-electron chi connectivity index (χ4n) is 2.91. The summed E-state index contributed by atoms with van der Waals surface area (Å²) in [6.07, 6.45) is -15.7. The second-order valence-corrected chi connectivity index (χ2v) is 6.84. The summed E-state index contributed by atoms with van der Waals surface area (Å²) in [6.45, 7) is -1.70. The molecule has 15 heteroatoms. The molecule has 14 nitrogen and oxygen atoms in total. The molecule has 10 atom stereocenters. The van der Waals surface area contributed by atoms with Crippen molar-refractivity contribution in [1.29, 1.82) is 0 Å². The number of nitrogens with two attached hydrogens (primary N) is 1. The zero-order chi connectivity index (χ0) is 21.2. The van der Waals surface area contributed by atoms with Gasteiger partial charge in [0.05, 0.1) is 13.2 Å². The highest BCUT2D eigenvalue weighted by atomic mass is 32.1. The summed E-state index contributed by atoms with van der Waals surface area (Å²) in [5, 5.41) is 78.6. The van der Waals surface area contributed by atoms with Crippen LogP contribution in [0.25, 0.3) is 0 Å². The molecule has 0 aromatic carbocycles. The van der Waals surface area contributed by atoms with Crippen molar-refractivity contribution in [3.05, 3.63) is 0 Å². The maximum Gasteiger partial charge on any atom is 0.190 e. The smallest absolute Gasteiger partial charge is 0.190 e. The number of hydrogen-bond acceptors (Lipinski definition) is 13. The number of hydrazine groups is 1. The highest BCUT2D eigenvalue weighted by molar-refractivity contribution is 7.80. The fraction of sp³-hybridized carbons (Fsp3) is 0.923. The van der Waals surface area contributed by atoms with E-state index in [1.807, 2.05) is 0 Å². The van der Waals surface area contributed by atoms with Gasteiger partial charge in [-0.3, -0.25) is 5.43 Å². The summed E-state index contributed by atoms with van der Waals surface area (Å²) in [6, 6.07) is 0. The predicted octanol–water partition coefficient (Wildman–Crippen LogP) is -6.73. The molecule has 0 saturated carbocycles. The highest BCUT2D eigenvalue weighted by Gasteiger charge is 2.56. The third-order valence-electron chi connectivity index (χ3n) is 4.52. The second-order valence-electron chi connectivity index (χ2n) is 6.40. The molecule has 2 rings (SSSR count). The number of aliphatic hydroxyl groups excluding tert-OH is 8. The maximum atomic E-state index is 10.2. The Morgan fingerprint density at radius 1 is 1.04 bits per heavy atom. The molecule has 0 spiro atoms. The van der Waals surface area contributed by atoms with Crippen LogP contribution < -0.4 is 16.6 Å². The van der Waals surface area contributed by atoms with E-state index >= 15 is 0 Å². The SMILES string of the molecule is NC(=S)NN[C@]1(CO)O[C@H](O[C@H]2[C@H](O)[C@@H](O)[C@H](O)O[C@@H]2CO)[C@H](O)[C@@H](O)[C@H]1O. The summed E-state index contributed by atoms with van der Waals surface area (Å²) in [7, 11) is 0. The van der Waals surface area contributed by atoms with E-state index in [0.717, 1.165) is 0 Å². The van der Waals surface area contributed by atoms with Crippen LogP contribution in [0.2, 0.25) is 0 Å². The first-order valence-electron chi connectivity index (χ1n) is 8.19. The summed E-state index contributed by atoms with van der Waals surface area (Å²) in [5.74, 6) is 0. The van der Waals surface area contributed by atoms with Crippen LogP contribution in [0.1, 0.15) is 0 Å². The van der Waals surface area contributed by atoms with Gasteiger partial charge in [-0.1, -0.05) is 0 Å². The van der Waals surface area contributed by atoms with Crippen LogP contribution in [-0.2, 0) is 14.2 Å². The normalized spacial score (nSPS) is 46.9. The molecular weight excluding hydrogens is 406 g/mol. The Morgan fingerprint density at radius 2 is 1.68 bits per heavy atom. The maximum absolute atomic E-state index is 10.2. The van der Waals surface area contributed by atoms with Crippen LogP contribution in [0.15, 0.2) is 0 Å². The highest BCUT2D eigenvalue weighted by Crippen LogP contribution is 2.31. The van der Waals surface area contributed by atoms with Crippen molar-refractivity contribution < 1.29 is 55.1 Å². The van der Waals surface area contributed by atoms with Gasteiger partial charge in [-0.05, 0) is 12.2 Å². The number of nitrogens with one attached hydrogen (secondary N) is 2. The largest absolute Gasteiger partial charge is 0.394 e. The monoisotopic (exact) mass is 431 g/mol. The van der Waals surface area contributed by atoms with E-state index < -0.39 is 74.2 Å². The summed E-state index contributed by atoms with van der Waals surface area (Å²) in [4.78, 5) is 0. The first-order valence-corrected chi connectivity index (χ1v) is 8.60. The topological polar surface area (TPSA) is 240 Å². The summed E-state index contributed by atoms with van der Waals surface area (Å²) in [5.41, 5.74) is 7.61. The van der Waals surface area contributed by atoms with Gasteiger partial charge in [0.2, 0.25) is 0 Å². The molecule has 0 unspecified atom stereocenters. The third-order valence-corrected chi connectivity index (χ3v) is 4.62. The Hall–Kier alpha value is -0.790. The van der Waals surface area contributed by atoms with E-state index in [4.69, 9.17) is 19.9 Å². The Kier molecular flexibility index (Phi) is 7.84. The van der Waals surface area contributed by atoms with Crippen molar-refractivity contribution in [1.82, 2.24) is 10.9 Å². The summed E-state index contributed by atoms with van der Waals surface area (Å²) >= 11 is 4.60. The van der Waals surface area contributed by atoms with Gasteiger partial charge in [0.15, 0.2) is 23.4 Å². The van der Waals surface area contributed by atoms with Gasteiger partial charge in [0.25, 0.3) is 0 Å². The minimum Gasteiger partial charge on any atom is -0.394 e. The lowest BCUT2D eigenvalue weighted by molar-refractivity contribution is -0.380. The Labute approximate surface area is 164 Å². The molecule has 0 amide bonds. The fourth-order valence-corrected chi connectivity index (χ4v) is 2.96. The van der Waals surface area contributed by atoms with E-state index in [1.54, 1.807) is 0 Å². The molecule has 0 aromatic rings. The van der Waals surface area contributed by atoms with Crippen LogP contribution in [0.3, 0.4) is 0 Å². The lowest BCUT2D eigenvalue weighted by Gasteiger charge is -2.49. The molecule has 2 aliphatic rings. The third kappa shape index (κ3) is 4.51. The predicted molar refractivity (Wildman–Crippen MR) is 90.6 cm³/mol. The van der Waals surface area contributed by atoms with Crippen LogP contribution in [-0.4, -0.2) is 120 Å². The first-order chi connectivity index (χ1) is 13.1. The Morgan fingerprint density at radius 3 is 2.21 bits per heavy atom. The van der Waals surface area contributed by atoms with E-state index in [9.17, 15) is 40.9 Å². The molecular formula is C13H25N3O11S. The lowest BCUT2D eigenvalue weighted by Crippen LogP contribution is -2.75. The van der Waals surface area contributed by atoms with E-state index in [2.05, 4.69) is 23.1 Å². The average molecular weight is 431 g/mol. The number of thiocarbonyl (C=S) groups is 1. The molecule has 0 radical (unpaired) electrons. The standard InChI is InChI=1S/C13H25N3O11S/c14-12(28)15-16-13(2-18)9(23)5(20)7(22)11(27-13)26-8-3(1-17)25-10(24)6(21)4(8)19/h3-11,16-24H,1-2H2,(H3,14,15,28)/t3-,4-,5-,6-,7-,8-,9-,10-,11+,13-/m1/s1. The molecule has 2 heterocycles. The molecule has 0 bridgehead atoms. The summed E-state index contributed by atoms with van der Waals surface area (Å²) < 4.78 is 15.7. The van der Waals surface area contributed by atoms with Crippen LogP contribution >= 0.6 is 12.2 Å². The van der Waals surface area contributed by atoms with Crippen molar-refractivity contribution in [2.24, 2.45) is 5.73 Å². The van der Waals surface area contributed by atoms with Crippen molar-refractivity contribution in [3.63, 3.8) is 0 Å². The van der Waals surface area contributed by atoms with Crippen molar-refractivity contribution in [3.8, 4) is 0 Å². The molecule has 2 saturated heterocycles. The first kappa shape index (κ1) is 23.5. The number of aliphatic hydroxyl groups is 8. The van der Waals surface area contributed by atoms with Crippen molar-refractivity contribution in [2.75, 3.05) is 13.2 Å². The number of hydrogen-bond donors (Lipinski definition) is 11. The zero-order valence-electron chi connectivity index (χ0n) is 14.4. The van der Waals surface area contributed by atoms with Crippen molar-refractivity contribution >= 4 is 17.3 Å². The van der Waals surface area contributed by atoms with Gasteiger partial charge >= 0.3 is 0 Å². The van der Waals surface area contributed by atoms with Gasteiger partial charge in [0, 0.05) is 0 Å². The molecule has 164 valence electrons. The minimum atomic E-state index is -2.15. The van der Waals surface area contributed by atoms with Crippen LogP contribution in [0.5, 0.6) is 0 Å². The molecule has 12 N–H and O–H groups in total. The van der Waals surface area contributed by atoms with Crippen molar-refractivity contribution in [2.45, 2.75) is 61.0 Å². The zero-order valence-corrected chi connectivity index (χ0v) is 15.2. The molecule has 28 heavy (non-hydrogen) atoms. The second kappa shape index (κ2) is 9.35. The van der Waals surface area contributed by atoms with Gasteiger partial charge in [-0.2, -0.15) is 5.43 Å². The number of ether oxygens (including phenoxy) is 3. The lowest BCUT2D eigenvalue weighted by atomic mass is 9.93.